The molecule has 0 radical (unpaired) electrons. The first kappa shape index (κ1) is 15.7. The minimum atomic E-state index is -0.915. The van der Waals surface area contributed by atoms with Crippen LogP contribution in [0.5, 0.6) is 0 Å². The van der Waals surface area contributed by atoms with E-state index in [0.29, 0.717) is 24.7 Å². The molecule has 1 saturated carbocycles. The van der Waals surface area contributed by atoms with E-state index in [1.54, 1.807) is 0 Å². The standard InChI is InChI=1S/C14H26O3S/c1-6-17-12(15)9-14(5,11-7-8-11)10-18(16)13(2,3)4/h11H,6-10H2,1-5H3. The number of carbonyl (C=O) groups excluding carboxylic acids is 1. The van der Waals surface area contributed by atoms with Gasteiger partial charge in [-0.15, -0.1) is 0 Å². The number of rotatable bonds is 6. The normalized spacial score (nSPS) is 21.2. The Kier molecular flexibility index (Phi) is 4.98. The Balaban J connectivity index is 2.69. The van der Waals surface area contributed by atoms with Crippen LogP contribution in [-0.2, 0) is 20.3 Å². The molecule has 0 spiro atoms. The molecule has 1 rings (SSSR count). The first-order valence-corrected chi connectivity index (χ1v) is 8.05. The van der Waals surface area contributed by atoms with Crippen molar-refractivity contribution >= 4 is 16.8 Å². The van der Waals surface area contributed by atoms with Crippen LogP contribution >= 0.6 is 0 Å². The Labute approximate surface area is 113 Å². The summed E-state index contributed by atoms with van der Waals surface area (Å²) in [5.41, 5.74) is -0.162. The van der Waals surface area contributed by atoms with Gasteiger partial charge in [0.05, 0.1) is 13.0 Å². The van der Waals surface area contributed by atoms with Crippen molar-refractivity contribution in [3.63, 3.8) is 0 Å². The van der Waals surface area contributed by atoms with Gasteiger partial charge in [0.25, 0.3) is 0 Å². The highest BCUT2D eigenvalue weighted by molar-refractivity contribution is 7.86. The van der Waals surface area contributed by atoms with Crippen LogP contribution in [0.2, 0.25) is 0 Å². The third kappa shape index (κ3) is 4.38. The number of ether oxygens (including phenoxy) is 1. The molecular weight excluding hydrogens is 248 g/mol. The van der Waals surface area contributed by atoms with Gasteiger partial charge in [0, 0.05) is 21.3 Å². The van der Waals surface area contributed by atoms with Crippen LogP contribution in [0.4, 0.5) is 0 Å². The average Bonchev–Trinajstić information content (AvgIpc) is 2.98. The van der Waals surface area contributed by atoms with Gasteiger partial charge >= 0.3 is 5.97 Å². The summed E-state index contributed by atoms with van der Waals surface area (Å²) in [4.78, 5) is 11.7. The van der Waals surface area contributed by atoms with Gasteiger partial charge in [-0.25, -0.2) is 0 Å². The summed E-state index contributed by atoms with van der Waals surface area (Å²) in [6.07, 6.45) is 2.70. The zero-order valence-corrected chi connectivity index (χ0v) is 13.1. The molecule has 4 heteroatoms. The average molecular weight is 274 g/mol. The SMILES string of the molecule is CCOC(=O)CC(C)(CS(=O)C(C)(C)C)C1CC1. The Morgan fingerprint density at radius 1 is 1.28 bits per heavy atom. The third-order valence-corrected chi connectivity index (χ3v) is 5.85. The summed E-state index contributed by atoms with van der Waals surface area (Å²) >= 11 is 0. The van der Waals surface area contributed by atoms with E-state index in [-0.39, 0.29) is 16.1 Å². The molecule has 0 aromatic rings. The molecule has 1 aliphatic carbocycles. The second-order valence-corrected chi connectivity index (χ2v) is 8.72. The lowest BCUT2D eigenvalue weighted by Gasteiger charge is -2.31. The highest BCUT2D eigenvalue weighted by atomic mass is 32.2. The van der Waals surface area contributed by atoms with E-state index in [1.165, 1.54) is 0 Å². The summed E-state index contributed by atoms with van der Waals surface area (Å²) in [5, 5.41) is 0. The molecule has 0 bridgehead atoms. The third-order valence-electron chi connectivity index (χ3n) is 3.56. The number of hydrogen-bond donors (Lipinski definition) is 0. The van der Waals surface area contributed by atoms with Crippen LogP contribution in [-0.4, -0.2) is 27.3 Å². The summed E-state index contributed by atoms with van der Waals surface area (Å²) in [6, 6.07) is 0. The van der Waals surface area contributed by atoms with Gasteiger partial charge < -0.3 is 4.74 Å². The maximum atomic E-state index is 12.3. The smallest absolute Gasteiger partial charge is 0.306 e. The predicted octanol–water partition coefficient (Wildman–Crippen LogP) is 2.90. The molecule has 0 aromatic carbocycles. The zero-order valence-electron chi connectivity index (χ0n) is 12.2. The van der Waals surface area contributed by atoms with Gasteiger partial charge in [-0.05, 0) is 51.9 Å². The maximum absolute atomic E-state index is 12.3. The van der Waals surface area contributed by atoms with Crippen molar-refractivity contribution in [1.29, 1.82) is 0 Å². The molecule has 2 atom stereocenters. The van der Waals surface area contributed by atoms with Crippen LogP contribution < -0.4 is 0 Å². The Bertz CT molecular complexity index is 328. The number of esters is 1. The Hall–Kier alpha value is -0.380. The molecule has 1 fully saturated rings. The van der Waals surface area contributed by atoms with Crippen molar-refractivity contribution < 1.29 is 13.7 Å². The largest absolute Gasteiger partial charge is 0.466 e. The Morgan fingerprint density at radius 3 is 2.22 bits per heavy atom. The van der Waals surface area contributed by atoms with Gasteiger partial charge in [-0.3, -0.25) is 9.00 Å². The van der Waals surface area contributed by atoms with Crippen molar-refractivity contribution in [2.75, 3.05) is 12.4 Å². The van der Waals surface area contributed by atoms with E-state index in [2.05, 4.69) is 6.92 Å². The molecule has 0 aliphatic heterocycles. The lowest BCUT2D eigenvalue weighted by atomic mass is 9.83. The predicted molar refractivity (Wildman–Crippen MR) is 74.8 cm³/mol. The van der Waals surface area contributed by atoms with Gasteiger partial charge in [0.1, 0.15) is 0 Å². The van der Waals surface area contributed by atoms with Gasteiger partial charge in [0.2, 0.25) is 0 Å². The van der Waals surface area contributed by atoms with E-state index in [1.807, 2.05) is 27.7 Å². The number of hydrogen-bond acceptors (Lipinski definition) is 3. The molecule has 0 amide bonds. The lowest BCUT2D eigenvalue weighted by Crippen LogP contribution is -2.36. The fourth-order valence-corrected chi connectivity index (χ4v) is 3.52. The van der Waals surface area contributed by atoms with Gasteiger partial charge in [0.15, 0.2) is 0 Å². The van der Waals surface area contributed by atoms with Crippen molar-refractivity contribution in [2.45, 2.75) is 58.6 Å². The quantitative estimate of drug-likeness (QED) is 0.699. The highest BCUT2D eigenvalue weighted by Gasteiger charge is 2.45. The van der Waals surface area contributed by atoms with E-state index in [9.17, 15) is 9.00 Å². The fourth-order valence-electron chi connectivity index (χ4n) is 2.15. The van der Waals surface area contributed by atoms with E-state index in [4.69, 9.17) is 4.74 Å². The van der Waals surface area contributed by atoms with Crippen LogP contribution in [0, 0.1) is 11.3 Å². The van der Waals surface area contributed by atoms with Crippen LogP contribution in [0.15, 0.2) is 0 Å². The van der Waals surface area contributed by atoms with Crippen molar-refractivity contribution in [1.82, 2.24) is 0 Å². The van der Waals surface area contributed by atoms with Crippen molar-refractivity contribution in [2.24, 2.45) is 11.3 Å². The molecule has 0 heterocycles. The first-order valence-electron chi connectivity index (χ1n) is 6.73. The first-order chi connectivity index (χ1) is 8.19. The summed E-state index contributed by atoms with van der Waals surface area (Å²) in [5.74, 6) is 0.978. The van der Waals surface area contributed by atoms with Crippen molar-refractivity contribution in [3.05, 3.63) is 0 Å². The van der Waals surface area contributed by atoms with Gasteiger partial charge in [-0.2, -0.15) is 0 Å². The summed E-state index contributed by atoms with van der Waals surface area (Å²) in [6.45, 7) is 10.3. The van der Waals surface area contributed by atoms with E-state index >= 15 is 0 Å². The van der Waals surface area contributed by atoms with Crippen molar-refractivity contribution in [3.8, 4) is 0 Å². The topological polar surface area (TPSA) is 43.4 Å². The zero-order chi connectivity index (χ0) is 14.0. The van der Waals surface area contributed by atoms with Crippen LogP contribution in [0.1, 0.15) is 53.9 Å². The molecule has 0 aromatic heterocycles. The molecule has 0 N–H and O–H groups in total. The molecule has 106 valence electrons. The fraction of sp³-hybridized carbons (Fsp3) is 0.929. The summed E-state index contributed by atoms with van der Waals surface area (Å²) < 4.78 is 17.1. The van der Waals surface area contributed by atoms with Gasteiger partial charge in [-0.1, -0.05) is 6.92 Å². The van der Waals surface area contributed by atoms with E-state index in [0.717, 1.165) is 12.8 Å². The maximum Gasteiger partial charge on any atom is 0.306 e. The van der Waals surface area contributed by atoms with Crippen LogP contribution in [0.3, 0.4) is 0 Å². The molecule has 18 heavy (non-hydrogen) atoms. The Morgan fingerprint density at radius 2 is 1.83 bits per heavy atom. The lowest BCUT2D eigenvalue weighted by molar-refractivity contribution is -0.145. The molecule has 0 saturated heterocycles. The second kappa shape index (κ2) is 5.72. The van der Waals surface area contributed by atoms with Crippen LogP contribution in [0.25, 0.3) is 0 Å². The molecule has 3 nitrogen and oxygen atoms in total. The molecule has 1 aliphatic rings. The molecule has 2 unspecified atom stereocenters. The highest BCUT2D eigenvalue weighted by Crippen LogP contribution is 2.48. The molecular formula is C14H26O3S. The van der Waals surface area contributed by atoms with E-state index < -0.39 is 10.8 Å². The minimum absolute atomic E-state index is 0.155. The minimum Gasteiger partial charge on any atom is -0.466 e. The second-order valence-electron chi connectivity index (χ2n) is 6.51. The summed E-state index contributed by atoms with van der Waals surface area (Å²) in [7, 11) is -0.915. The monoisotopic (exact) mass is 274 g/mol. The number of carbonyl (C=O) groups is 1.